The molecule has 2 rings (SSSR count). The van der Waals surface area contributed by atoms with E-state index in [1.54, 1.807) is 11.8 Å². The van der Waals surface area contributed by atoms with E-state index >= 15 is 0 Å². The summed E-state index contributed by atoms with van der Waals surface area (Å²) in [7, 11) is 0. The average molecular weight is 258 g/mol. The third kappa shape index (κ3) is 2.97. The van der Waals surface area contributed by atoms with Crippen LogP contribution >= 0.6 is 11.8 Å². The lowest BCUT2D eigenvalue weighted by molar-refractivity contribution is 0.465. The Morgan fingerprint density at radius 3 is 2.76 bits per heavy atom. The molecule has 2 unspecified atom stereocenters. The minimum absolute atomic E-state index is 0.249. The van der Waals surface area contributed by atoms with Crippen molar-refractivity contribution in [3.8, 4) is 0 Å². The summed E-state index contributed by atoms with van der Waals surface area (Å²) in [4.78, 5) is 0. The molecule has 94 valence electrons. The van der Waals surface area contributed by atoms with Crippen LogP contribution in [0.5, 0.6) is 0 Å². The van der Waals surface area contributed by atoms with Gasteiger partial charge >= 0.3 is 0 Å². The Labute approximate surface area is 104 Å². The second kappa shape index (κ2) is 5.80. The number of nitrogens with two attached hydrogens (primary N) is 1. The van der Waals surface area contributed by atoms with E-state index in [-0.39, 0.29) is 11.3 Å². The van der Waals surface area contributed by atoms with Crippen molar-refractivity contribution in [2.75, 3.05) is 5.75 Å². The molecule has 0 amide bonds. The van der Waals surface area contributed by atoms with Gasteiger partial charge in [-0.15, -0.1) is 0 Å². The zero-order valence-corrected chi connectivity index (χ0v) is 10.3. The molecule has 2 atom stereocenters. The first-order valence-electron chi connectivity index (χ1n) is 5.75. The molecule has 1 aromatic rings. The molecule has 0 bridgehead atoms. The van der Waals surface area contributed by atoms with Crippen molar-refractivity contribution >= 4 is 11.8 Å². The molecule has 1 aliphatic rings. The van der Waals surface area contributed by atoms with E-state index in [4.69, 9.17) is 5.84 Å². The normalized spacial score (nSPS) is 22.4. The van der Waals surface area contributed by atoms with Gasteiger partial charge in [0.25, 0.3) is 0 Å². The first-order valence-corrected chi connectivity index (χ1v) is 6.80. The highest BCUT2D eigenvalue weighted by Gasteiger charge is 2.26. The van der Waals surface area contributed by atoms with E-state index in [9.17, 15) is 8.78 Å². The molecule has 5 heteroatoms. The van der Waals surface area contributed by atoms with Crippen LogP contribution in [0.3, 0.4) is 0 Å². The first kappa shape index (κ1) is 12.8. The quantitative estimate of drug-likeness (QED) is 0.646. The molecule has 1 aliphatic heterocycles. The van der Waals surface area contributed by atoms with Crippen molar-refractivity contribution in [3.05, 3.63) is 35.4 Å². The van der Waals surface area contributed by atoms with Crippen LogP contribution in [0.4, 0.5) is 8.78 Å². The first-order chi connectivity index (χ1) is 8.22. The van der Waals surface area contributed by atoms with Crippen molar-refractivity contribution in [2.24, 2.45) is 5.84 Å². The highest BCUT2D eigenvalue weighted by Crippen LogP contribution is 2.35. The van der Waals surface area contributed by atoms with Crippen LogP contribution in [0, 0.1) is 11.6 Å². The van der Waals surface area contributed by atoms with E-state index in [2.05, 4.69) is 5.43 Å². The third-order valence-corrected chi connectivity index (χ3v) is 4.52. The second-order valence-corrected chi connectivity index (χ2v) is 5.56. The summed E-state index contributed by atoms with van der Waals surface area (Å²) in [6.07, 6.45) is 3.35. The summed E-state index contributed by atoms with van der Waals surface area (Å²) in [5.41, 5.74) is 3.12. The van der Waals surface area contributed by atoms with Crippen molar-refractivity contribution in [1.29, 1.82) is 0 Å². The van der Waals surface area contributed by atoms with Crippen LogP contribution in [0.25, 0.3) is 0 Å². The lowest BCUT2D eigenvalue weighted by atomic mass is 9.99. The Morgan fingerprint density at radius 1 is 1.35 bits per heavy atom. The fraction of sp³-hybridized carbons (Fsp3) is 0.500. The van der Waals surface area contributed by atoms with Crippen molar-refractivity contribution in [3.63, 3.8) is 0 Å². The lowest BCUT2D eigenvalue weighted by Crippen LogP contribution is -2.36. The zero-order chi connectivity index (χ0) is 12.3. The number of thioether (sulfide) groups is 1. The standard InChI is InChI=1S/C12H16F2N2S/c13-8-4-5-9(10(14)7-8)12(16-15)11-3-1-2-6-17-11/h4-5,7,11-12,16H,1-3,6,15H2. The van der Waals surface area contributed by atoms with Gasteiger partial charge in [0.15, 0.2) is 0 Å². The summed E-state index contributed by atoms with van der Waals surface area (Å²) in [5.74, 6) is 5.51. The van der Waals surface area contributed by atoms with Gasteiger partial charge in [0.2, 0.25) is 0 Å². The van der Waals surface area contributed by atoms with Gasteiger partial charge in [-0.3, -0.25) is 11.3 Å². The van der Waals surface area contributed by atoms with Crippen LogP contribution < -0.4 is 11.3 Å². The van der Waals surface area contributed by atoms with Gasteiger partial charge < -0.3 is 0 Å². The summed E-state index contributed by atoms with van der Waals surface area (Å²) >= 11 is 1.80. The number of hydrogen-bond donors (Lipinski definition) is 2. The molecule has 1 heterocycles. The number of hydrazine groups is 1. The van der Waals surface area contributed by atoms with E-state index in [0.717, 1.165) is 24.7 Å². The summed E-state index contributed by atoms with van der Waals surface area (Å²) in [5, 5.41) is 0.258. The Balaban J connectivity index is 2.21. The second-order valence-electron chi connectivity index (χ2n) is 4.22. The molecule has 2 nitrogen and oxygen atoms in total. The van der Waals surface area contributed by atoms with Crippen molar-refractivity contribution < 1.29 is 8.78 Å². The Morgan fingerprint density at radius 2 is 2.18 bits per heavy atom. The number of rotatable bonds is 3. The Bertz CT molecular complexity index is 381. The van der Waals surface area contributed by atoms with E-state index < -0.39 is 11.6 Å². The maximum atomic E-state index is 13.7. The molecule has 0 spiro atoms. The van der Waals surface area contributed by atoms with Gasteiger partial charge in [-0.1, -0.05) is 12.5 Å². The van der Waals surface area contributed by atoms with E-state index in [1.807, 2.05) is 0 Å². The monoisotopic (exact) mass is 258 g/mol. The number of halogens is 2. The topological polar surface area (TPSA) is 38.0 Å². The fourth-order valence-electron chi connectivity index (χ4n) is 2.18. The molecule has 3 N–H and O–H groups in total. The van der Waals surface area contributed by atoms with Crippen LogP contribution in [0.2, 0.25) is 0 Å². The van der Waals surface area contributed by atoms with E-state index in [0.29, 0.717) is 5.56 Å². The van der Waals surface area contributed by atoms with Gasteiger partial charge in [-0.2, -0.15) is 11.8 Å². The van der Waals surface area contributed by atoms with Crippen molar-refractivity contribution in [1.82, 2.24) is 5.43 Å². The van der Waals surface area contributed by atoms with Gasteiger partial charge in [0, 0.05) is 16.9 Å². The van der Waals surface area contributed by atoms with E-state index in [1.165, 1.54) is 18.6 Å². The molecular formula is C12H16F2N2S. The molecule has 0 saturated carbocycles. The highest BCUT2D eigenvalue weighted by atomic mass is 32.2. The molecule has 1 saturated heterocycles. The smallest absolute Gasteiger partial charge is 0.130 e. The molecule has 0 radical (unpaired) electrons. The van der Waals surface area contributed by atoms with Crippen LogP contribution in [-0.2, 0) is 0 Å². The Hall–Kier alpha value is -0.650. The molecule has 17 heavy (non-hydrogen) atoms. The predicted octanol–water partition coefficient (Wildman–Crippen LogP) is 2.75. The van der Waals surface area contributed by atoms with Gasteiger partial charge in [0.05, 0.1) is 6.04 Å². The molecular weight excluding hydrogens is 242 g/mol. The fourth-order valence-corrected chi connectivity index (χ4v) is 3.60. The largest absolute Gasteiger partial charge is 0.271 e. The van der Waals surface area contributed by atoms with Crippen LogP contribution in [0.1, 0.15) is 30.9 Å². The maximum absolute atomic E-state index is 13.7. The SMILES string of the molecule is NNC(c1ccc(F)cc1F)C1CCCCS1. The molecule has 1 fully saturated rings. The summed E-state index contributed by atoms with van der Waals surface area (Å²) in [6, 6.07) is 3.41. The van der Waals surface area contributed by atoms with Gasteiger partial charge in [0.1, 0.15) is 11.6 Å². The summed E-state index contributed by atoms with van der Waals surface area (Å²) in [6.45, 7) is 0. The molecule has 0 aliphatic carbocycles. The van der Waals surface area contributed by atoms with Crippen molar-refractivity contribution in [2.45, 2.75) is 30.6 Å². The van der Waals surface area contributed by atoms with Gasteiger partial charge in [-0.25, -0.2) is 8.78 Å². The number of hydrogen-bond acceptors (Lipinski definition) is 3. The number of nitrogens with one attached hydrogen (secondary N) is 1. The minimum Gasteiger partial charge on any atom is -0.271 e. The summed E-state index contributed by atoms with van der Waals surface area (Å²) < 4.78 is 26.6. The average Bonchev–Trinajstić information content (AvgIpc) is 2.34. The molecule has 1 aromatic carbocycles. The minimum atomic E-state index is -0.557. The Kier molecular flexibility index (Phi) is 4.36. The van der Waals surface area contributed by atoms with Crippen LogP contribution in [0.15, 0.2) is 18.2 Å². The zero-order valence-electron chi connectivity index (χ0n) is 9.46. The molecule has 0 aromatic heterocycles. The highest BCUT2D eigenvalue weighted by molar-refractivity contribution is 8.00. The number of benzene rings is 1. The predicted molar refractivity (Wildman–Crippen MR) is 66.5 cm³/mol. The lowest BCUT2D eigenvalue weighted by Gasteiger charge is -2.29. The van der Waals surface area contributed by atoms with Crippen LogP contribution in [-0.4, -0.2) is 11.0 Å². The third-order valence-electron chi connectivity index (χ3n) is 3.06. The van der Waals surface area contributed by atoms with Gasteiger partial charge in [-0.05, 0) is 24.7 Å². The maximum Gasteiger partial charge on any atom is 0.130 e.